The Balaban J connectivity index is 2.04. The average molecular weight is 290 g/mol. The Morgan fingerprint density at radius 2 is 2.10 bits per heavy atom. The quantitative estimate of drug-likeness (QED) is 0.794. The van der Waals surface area contributed by atoms with Crippen LogP contribution < -0.4 is 10.1 Å². The molecule has 1 aliphatic rings. The molecule has 1 heterocycles. The molecule has 21 heavy (non-hydrogen) atoms. The summed E-state index contributed by atoms with van der Waals surface area (Å²) in [5, 5.41) is 3.71. The molecule has 0 aliphatic heterocycles. The van der Waals surface area contributed by atoms with Crippen molar-refractivity contribution in [3.63, 3.8) is 0 Å². The first-order valence-electron chi connectivity index (χ1n) is 8.54. The zero-order valence-corrected chi connectivity index (χ0v) is 13.8. The number of rotatable bonds is 6. The molecular formula is C18H30N2O. The third-order valence-corrected chi connectivity index (χ3v) is 4.18. The summed E-state index contributed by atoms with van der Waals surface area (Å²) in [6, 6.07) is 2.85. The van der Waals surface area contributed by atoms with Gasteiger partial charge in [-0.3, -0.25) is 4.98 Å². The van der Waals surface area contributed by atoms with Crippen molar-refractivity contribution < 1.29 is 4.74 Å². The Morgan fingerprint density at radius 1 is 1.29 bits per heavy atom. The monoisotopic (exact) mass is 290 g/mol. The Labute approximate surface area is 129 Å². The van der Waals surface area contributed by atoms with Crippen LogP contribution in [0.4, 0.5) is 0 Å². The van der Waals surface area contributed by atoms with Crippen LogP contribution in [0.25, 0.3) is 0 Å². The van der Waals surface area contributed by atoms with Crippen molar-refractivity contribution in [3.05, 3.63) is 24.0 Å². The van der Waals surface area contributed by atoms with Gasteiger partial charge < -0.3 is 10.1 Å². The highest BCUT2D eigenvalue weighted by molar-refractivity contribution is 5.27. The van der Waals surface area contributed by atoms with Crippen LogP contribution in [0.5, 0.6) is 5.75 Å². The molecule has 2 rings (SSSR count). The van der Waals surface area contributed by atoms with Crippen LogP contribution in [0.2, 0.25) is 0 Å². The van der Waals surface area contributed by atoms with E-state index in [4.69, 9.17) is 4.74 Å². The molecule has 0 spiro atoms. The van der Waals surface area contributed by atoms with Gasteiger partial charge in [-0.25, -0.2) is 0 Å². The fraction of sp³-hybridized carbons (Fsp3) is 0.722. The van der Waals surface area contributed by atoms with Crippen molar-refractivity contribution in [1.82, 2.24) is 10.3 Å². The predicted octanol–water partition coefficient (Wildman–Crippen LogP) is 4.28. The second-order valence-corrected chi connectivity index (χ2v) is 6.49. The lowest BCUT2D eigenvalue weighted by molar-refractivity contribution is 0.241. The molecule has 0 radical (unpaired) electrons. The van der Waals surface area contributed by atoms with Gasteiger partial charge in [0.25, 0.3) is 0 Å². The Kier molecular flexibility index (Phi) is 6.50. The van der Waals surface area contributed by atoms with Crippen LogP contribution in [0.1, 0.15) is 70.8 Å². The lowest BCUT2D eigenvalue weighted by Crippen LogP contribution is -2.30. The fourth-order valence-corrected chi connectivity index (χ4v) is 3.19. The average Bonchev–Trinajstić information content (AvgIpc) is 2.70. The van der Waals surface area contributed by atoms with Gasteiger partial charge in [-0.15, -0.1) is 0 Å². The third-order valence-electron chi connectivity index (χ3n) is 4.18. The van der Waals surface area contributed by atoms with E-state index in [0.29, 0.717) is 12.0 Å². The molecule has 1 fully saturated rings. The first kappa shape index (κ1) is 16.3. The minimum atomic E-state index is 0.204. The zero-order chi connectivity index (χ0) is 15.1. The van der Waals surface area contributed by atoms with Crippen molar-refractivity contribution in [2.75, 3.05) is 6.54 Å². The van der Waals surface area contributed by atoms with E-state index >= 15 is 0 Å². The van der Waals surface area contributed by atoms with Crippen molar-refractivity contribution in [2.24, 2.45) is 0 Å². The molecule has 0 amide bonds. The van der Waals surface area contributed by atoms with E-state index in [1.54, 1.807) is 0 Å². The molecule has 1 saturated carbocycles. The van der Waals surface area contributed by atoms with Crippen LogP contribution >= 0.6 is 0 Å². The van der Waals surface area contributed by atoms with Gasteiger partial charge in [0.2, 0.25) is 0 Å². The SMILES string of the molecule is CCCNC1CCCCC(c2cncc(OC(C)C)c2)C1. The van der Waals surface area contributed by atoms with Crippen LogP contribution in [-0.2, 0) is 0 Å². The fourth-order valence-electron chi connectivity index (χ4n) is 3.19. The Bertz CT molecular complexity index is 419. The van der Waals surface area contributed by atoms with E-state index in [9.17, 15) is 0 Å². The molecule has 1 aromatic heterocycles. The number of ether oxygens (including phenoxy) is 1. The van der Waals surface area contributed by atoms with E-state index in [1.807, 2.05) is 12.4 Å². The first-order chi connectivity index (χ1) is 10.2. The summed E-state index contributed by atoms with van der Waals surface area (Å²) in [6.07, 6.45) is 11.7. The van der Waals surface area contributed by atoms with Crippen LogP contribution in [-0.4, -0.2) is 23.7 Å². The lowest BCUT2D eigenvalue weighted by Gasteiger charge is -2.22. The maximum absolute atomic E-state index is 5.79. The number of hydrogen-bond acceptors (Lipinski definition) is 3. The number of nitrogens with zero attached hydrogens (tertiary/aromatic N) is 1. The molecule has 3 nitrogen and oxygen atoms in total. The number of pyridine rings is 1. The van der Waals surface area contributed by atoms with Gasteiger partial charge in [0, 0.05) is 12.2 Å². The van der Waals surface area contributed by atoms with Crippen molar-refractivity contribution in [1.29, 1.82) is 0 Å². The van der Waals surface area contributed by atoms with Gasteiger partial charge in [0.1, 0.15) is 5.75 Å². The number of hydrogen-bond donors (Lipinski definition) is 1. The molecule has 118 valence electrons. The normalized spacial score (nSPS) is 23.0. The van der Waals surface area contributed by atoms with E-state index < -0.39 is 0 Å². The van der Waals surface area contributed by atoms with E-state index in [0.717, 1.165) is 12.3 Å². The minimum absolute atomic E-state index is 0.204. The van der Waals surface area contributed by atoms with Crippen LogP contribution in [0.3, 0.4) is 0 Å². The van der Waals surface area contributed by atoms with Gasteiger partial charge in [0.05, 0.1) is 12.3 Å². The first-order valence-corrected chi connectivity index (χ1v) is 8.54. The molecule has 3 heteroatoms. The van der Waals surface area contributed by atoms with Gasteiger partial charge in [-0.2, -0.15) is 0 Å². The van der Waals surface area contributed by atoms with Gasteiger partial charge in [0.15, 0.2) is 0 Å². The highest BCUT2D eigenvalue weighted by atomic mass is 16.5. The number of aromatic nitrogens is 1. The Morgan fingerprint density at radius 3 is 2.86 bits per heavy atom. The summed E-state index contributed by atoms with van der Waals surface area (Å²) in [6.45, 7) is 7.48. The molecule has 1 aromatic rings. The summed E-state index contributed by atoms with van der Waals surface area (Å²) in [4.78, 5) is 4.39. The number of nitrogens with one attached hydrogen (secondary N) is 1. The molecule has 0 bridgehead atoms. The maximum atomic E-state index is 5.79. The highest BCUT2D eigenvalue weighted by Gasteiger charge is 2.21. The standard InChI is InChI=1S/C18H30N2O/c1-4-9-20-17-8-6-5-7-15(10-17)16-11-18(13-19-12-16)21-14(2)3/h11-15,17,20H,4-10H2,1-3H3. The predicted molar refractivity (Wildman–Crippen MR) is 87.9 cm³/mol. The topological polar surface area (TPSA) is 34.2 Å². The maximum Gasteiger partial charge on any atom is 0.138 e. The van der Waals surface area contributed by atoms with Crippen LogP contribution in [0.15, 0.2) is 18.5 Å². The molecule has 2 atom stereocenters. The van der Waals surface area contributed by atoms with Crippen molar-refractivity contribution in [3.8, 4) is 5.75 Å². The molecule has 2 unspecified atom stereocenters. The highest BCUT2D eigenvalue weighted by Crippen LogP contribution is 2.33. The van der Waals surface area contributed by atoms with E-state index in [-0.39, 0.29) is 6.10 Å². The van der Waals surface area contributed by atoms with Gasteiger partial charge in [-0.1, -0.05) is 19.8 Å². The summed E-state index contributed by atoms with van der Waals surface area (Å²) >= 11 is 0. The van der Waals surface area contributed by atoms with Crippen molar-refractivity contribution in [2.45, 2.75) is 77.4 Å². The summed E-state index contributed by atoms with van der Waals surface area (Å²) in [7, 11) is 0. The lowest BCUT2D eigenvalue weighted by atomic mass is 9.91. The largest absolute Gasteiger partial charge is 0.489 e. The smallest absolute Gasteiger partial charge is 0.138 e. The van der Waals surface area contributed by atoms with Gasteiger partial charge in [-0.05, 0) is 63.6 Å². The third kappa shape index (κ3) is 5.31. The van der Waals surface area contributed by atoms with E-state index in [2.05, 4.69) is 37.1 Å². The van der Waals surface area contributed by atoms with E-state index in [1.165, 1.54) is 44.1 Å². The zero-order valence-electron chi connectivity index (χ0n) is 13.8. The summed E-state index contributed by atoms with van der Waals surface area (Å²) in [5.41, 5.74) is 1.35. The molecule has 1 aliphatic carbocycles. The Hall–Kier alpha value is -1.09. The van der Waals surface area contributed by atoms with Crippen LogP contribution in [0, 0.1) is 0 Å². The molecule has 0 aromatic carbocycles. The minimum Gasteiger partial charge on any atom is -0.489 e. The molecule has 0 saturated heterocycles. The summed E-state index contributed by atoms with van der Waals surface area (Å²) < 4.78 is 5.79. The van der Waals surface area contributed by atoms with Crippen molar-refractivity contribution >= 4 is 0 Å². The molecule has 1 N–H and O–H groups in total. The summed E-state index contributed by atoms with van der Waals surface area (Å²) in [5.74, 6) is 1.52. The second kappa shape index (κ2) is 8.38. The second-order valence-electron chi connectivity index (χ2n) is 6.49. The van der Waals surface area contributed by atoms with Gasteiger partial charge >= 0.3 is 0 Å². The molecular weight excluding hydrogens is 260 g/mol.